The zero-order chi connectivity index (χ0) is 14.1. The predicted octanol–water partition coefficient (Wildman–Crippen LogP) is 3.41. The maximum absolute atomic E-state index is 12.3. The minimum atomic E-state index is -0.0109. The lowest BCUT2D eigenvalue weighted by atomic mass is 10.1. The van der Waals surface area contributed by atoms with Crippen LogP contribution < -0.4 is 10.9 Å². The van der Waals surface area contributed by atoms with Crippen LogP contribution in [0.4, 0.5) is 5.69 Å². The molecule has 3 rings (SSSR count). The molecule has 0 bridgehead atoms. The number of halogens is 1. The lowest BCUT2D eigenvalue weighted by Crippen LogP contribution is -2.27. The molecule has 0 saturated heterocycles. The number of hydrogen-bond donors (Lipinski definition) is 1. The minimum Gasteiger partial charge on any atom is -0.380 e. The van der Waals surface area contributed by atoms with Gasteiger partial charge in [-0.1, -0.05) is 19.8 Å². The highest BCUT2D eigenvalue weighted by molar-refractivity contribution is 9.10. The summed E-state index contributed by atoms with van der Waals surface area (Å²) in [5, 5.41) is 7.80. The fourth-order valence-electron chi connectivity index (χ4n) is 2.54. The summed E-state index contributed by atoms with van der Waals surface area (Å²) in [7, 11) is 0. The molecule has 2 saturated carbocycles. The first-order chi connectivity index (χ1) is 9.67. The lowest BCUT2D eigenvalue weighted by molar-refractivity contribution is 0.530. The van der Waals surface area contributed by atoms with Crippen molar-refractivity contribution >= 4 is 21.6 Å². The van der Waals surface area contributed by atoms with Crippen LogP contribution in [0.25, 0.3) is 0 Å². The Balaban J connectivity index is 1.71. The van der Waals surface area contributed by atoms with E-state index in [-0.39, 0.29) is 5.56 Å². The van der Waals surface area contributed by atoms with E-state index < -0.39 is 0 Å². The molecule has 0 amide bonds. The first-order valence-electron chi connectivity index (χ1n) is 7.69. The molecule has 1 aromatic heterocycles. The van der Waals surface area contributed by atoms with Crippen LogP contribution in [0, 0.1) is 11.8 Å². The molecule has 1 N–H and O–H groups in total. The van der Waals surface area contributed by atoms with Crippen molar-refractivity contribution in [2.75, 3.05) is 5.32 Å². The van der Waals surface area contributed by atoms with Gasteiger partial charge in [-0.05, 0) is 53.4 Å². The molecule has 110 valence electrons. The molecule has 2 fully saturated rings. The molecular weight excluding hydrogens is 318 g/mol. The van der Waals surface area contributed by atoms with Gasteiger partial charge < -0.3 is 5.32 Å². The van der Waals surface area contributed by atoms with Crippen LogP contribution in [-0.2, 0) is 6.54 Å². The maximum Gasteiger partial charge on any atom is 0.283 e. The van der Waals surface area contributed by atoms with Crippen LogP contribution in [0.5, 0.6) is 0 Å². The standard InChI is InChI=1S/C15H22BrN3O/c1-2-12(7-10-3-4-10)18-13-8-17-19(9-11-5-6-11)15(20)14(13)16/h8,10-12,18H,2-7,9H2,1H3. The smallest absolute Gasteiger partial charge is 0.283 e. The van der Waals surface area contributed by atoms with Gasteiger partial charge >= 0.3 is 0 Å². The van der Waals surface area contributed by atoms with Crippen LogP contribution in [0.3, 0.4) is 0 Å². The number of hydrogen-bond acceptors (Lipinski definition) is 3. The zero-order valence-electron chi connectivity index (χ0n) is 11.9. The first kappa shape index (κ1) is 14.1. The molecule has 1 aromatic rings. The van der Waals surface area contributed by atoms with E-state index in [4.69, 9.17) is 0 Å². The van der Waals surface area contributed by atoms with Crippen LogP contribution in [-0.4, -0.2) is 15.8 Å². The van der Waals surface area contributed by atoms with E-state index >= 15 is 0 Å². The Kier molecular flexibility index (Phi) is 4.15. The average Bonchev–Trinajstić information content (AvgIpc) is 3.32. The Labute approximate surface area is 128 Å². The summed E-state index contributed by atoms with van der Waals surface area (Å²) in [6.07, 6.45) is 9.25. The molecule has 1 heterocycles. The molecule has 0 aromatic carbocycles. The lowest BCUT2D eigenvalue weighted by Gasteiger charge is -2.19. The highest BCUT2D eigenvalue weighted by atomic mass is 79.9. The van der Waals surface area contributed by atoms with Crippen molar-refractivity contribution in [3.05, 3.63) is 21.0 Å². The highest BCUT2D eigenvalue weighted by Crippen LogP contribution is 2.35. The second kappa shape index (κ2) is 5.88. The summed E-state index contributed by atoms with van der Waals surface area (Å²) in [4.78, 5) is 12.3. The third-order valence-electron chi connectivity index (χ3n) is 4.28. The summed E-state index contributed by atoms with van der Waals surface area (Å²) >= 11 is 3.45. The molecule has 20 heavy (non-hydrogen) atoms. The number of nitrogens with one attached hydrogen (secondary N) is 1. The molecule has 0 spiro atoms. The molecule has 0 radical (unpaired) electrons. The van der Waals surface area contributed by atoms with E-state index in [1.807, 2.05) is 0 Å². The quantitative estimate of drug-likeness (QED) is 0.827. The predicted molar refractivity (Wildman–Crippen MR) is 84.0 cm³/mol. The van der Waals surface area contributed by atoms with Gasteiger partial charge in [0.15, 0.2) is 0 Å². The van der Waals surface area contributed by atoms with Crippen LogP contribution in [0.1, 0.15) is 45.4 Å². The average molecular weight is 340 g/mol. The Morgan fingerprint density at radius 3 is 2.70 bits per heavy atom. The van der Waals surface area contributed by atoms with Gasteiger partial charge in [0.2, 0.25) is 0 Å². The van der Waals surface area contributed by atoms with E-state index in [1.165, 1.54) is 32.1 Å². The van der Waals surface area contributed by atoms with Crippen molar-refractivity contribution in [2.45, 2.75) is 58.0 Å². The summed E-state index contributed by atoms with van der Waals surface area (Å²) < 4.78 is 2.22. The minimum absolute atomic E-state index is 0.0109. The molecule has 5 heteroatoms. The van der Waals surface area contributed by atoms with Crippen LogP contribution in [0.2, 0.25) is 0 Å². The second-order valence-corrected chi connectivity index (χ2v) is 7.02. The Bertz CT molecular complexity index is 534. The highest BCUT2D eigenvalue weighted by Gasteiger charge is 2.26. The molecule has 2 aliphatic carbocycles. The van der Waals surface area contributed by atoms with Gasteiger partial charge in [-0.15, -0.1) is 0 Å². The van der Waals surface area contributed by atoms with Crippen molar-refractivity contribution < 1.29 is 0 Å². The monoisotopic (exact) mass is 339 g/mol. The normalized spacial score (nSPS) is 19.9. The van der Waals surface area contributed by atoms with Gasteiger partial charge in [0.05, 0.1) is 11.9 Å². The van der Waals surface area contributed by atoms with E-state index in [1.54, 1.807) is 10.9 Å². The molecule has 2 aliphatic rings. The van der Waals surface area contributed by atoms with E-state index in [2.05, 4.69) is 33.3 Å². The summed E-state index contributed by atoms with van der Waals surface area (Å²) in [6, 6.07) is 0.444. The Morgan fingerprint density at radius 2 is 2.10 bits per heavy atom. The third kappa shape index (κ3) is 3.43. The Morgan fingerprint density at radius 1 is 1.40 bits per heavy atom. The number of nitrogens with zero attached hydrogens (tertiary/aromatic N) is 2. The topological polar surface area (TPSA) is 46.9 Å². The fourth-order valence-corrected chi connectivity index (χ4v) is 2.97. The molecule has 0 aliphatic heterocycles. The van der Waals surface area contributed by atoms with Gasteiger partial charge in [0.1, 0.15) is 4.47 Å². The van der Waals surface area contributed by atoms with Crippen molar-refractivity contribution in [2.24, 2.45) is 11.8 Å². The number of rotatable bonds is 7. The van der Waals surface area contributed by atoms with Crippen molar-refractivity contribution in [3.8, 4) is 0 Å². The summed E-state index contributed by atoms with van der Waals surface area (Å²) in [6.45, 7) is 2.95. The molecule has 4 nitrogen and oxygen atoms in total. The summed E-state index contributed by atoms with van der Waals surface area (Å²) in [5.41, 5.74) is 0.831. The van der Waals surface area contributed by atoms with Crippen molar-refractivity contribution in [3.63, 3.8) is 0 Å². The van der Waals surface area contributed by atoms with Gasteiger partial charge in [0, 0.05) is 12.6 Å². The first-order valence-corrected chi connectivity index (χ1v) is 8.48. The van der Waals surface area contributed by atoms with Gasteiger partial charge in [0.25, 0.3) is 5.56 Å². The van der Waals surface area contributed by atoms with Gasteiger partial charge in [-0.3, -0.25) is 4.79 Å². The van der Waals surface area contributed by atoms with Crippen LogP contribution in [0.15, 0.2) is 15.5 Å². The zero-order valence-corrected chi connectivity index (χ0v) is 13.5. The van der Waals surface area contributed by atoms with Crippen LogP contribution >= 0.6 is 15.9 Å². The molecular formula is C15H22BrN3O. The largest absolute Gasteiger partial charge is 0.380 e. The molecule has 1 atom stereocenters. The Hall–Kier alpha value is -0.840. The SMILES string of the molecule is CCC(CC1CC1)Nc1cnn(CC2CC2)c(=O)c1Br. The number of anilines is 1. The summed E-state index contributed by atoms with van der Waals surface area (Å²) in [5.74, 6) is 1.54. The van der Waals surface area contributed by atoms with E-state index in [0.29, 0.717) is 16.4 Å². The van der Waals surface area contributed by atoms with E-state index in [9.17, 15) is 4.79 Å². The maximum atomic E-state index is 12.3. The van der Waals surface area contributed by atoms with Gasteiger partial charge in [-0.25, -0.2) is 4.68 Å². The van der Waals surface area contributed by atoms with E-state index in [0.717, 1.165) is 24.6 Å². The van der Waals surface area contributed by atoms with Crippen molar-refractivity contribution in [1.82, 2.24) is 9.78 Å². The second-order valence-electron chi connectivity index (χ2n) is 6.23. The molecule has 1 unspecified atom stereocenters. The fraction of sp³-hybridized carbons (Fsp3) is 0.733. The van der Waals surface area contributed by atoms with Crippen molar-refractivity contribution in [1.29, 1.82) is 0 Å². The third-order valence-corrected chi connectivity index (χ3v) is 5.05. The number of aromatic nitrogens is 2. The van der Waals surface area contributed by atoms with Gasteiger partial charge in [-0.2, -0.15) is 5.10 Å².